The van der Waals surface area contributed by atoms with Crippen LogP contribution < -0.4 is 10.5 Å². The average Bonchev–Trinajstić information content (AvgIpc) is 2.47. The van der Waals surface area contributed by atoms with Crippen molar-refractivity contribution < 1.29 is 4.74 Å². The molecule has 0 heterocycles. The Balaban J connectivity index is 2.14. The van der Waals surface area contributed by atoms with Gasteiger partial charge in [0.05, 0.1) is 0 Å². The minimum absolute atomic E-state index is 0.538. The van der Waals surface area contributed by atoms with E-state index in [4.69, 9.17) is 10.5 Å². The van der Waals surface area contributed by atoms with Gasteiger partial charge in [-0.3, -0.25) is 0 Å². The second kappa shape index (κ2) is 6.76. The molecule has 2 heteroatoms. The SMILES string of the molecule is CC=Cc1ccccc1OCc1ccccc1CN. The summed E-state index contributed by atoms with van der Waals surface area (Å²) in [6.07, 6.45) is 4.06. The lowest BCUT2D eigenvalue weighted by atomic mass is 10.1. The highest BCUT2D eigenvalue weighted by molar-refractivity contribution is 5.56. The summed E-state index contributed by atoms with van der Waals surface area (Å²) in [5, 5.41) is 0. The van der Waals surface area contributed by atoms with E-state index in [9.17, 15) is 0 Å². The summed E-state index contributed by atoms with van der Waals surface area (Å²) >= 11 is 0. The predicted octanol–water partition coefficient (Wildman–Crippen LogP) is 3.76. The molecule has 2 aromatic rings. The zero-order valence-corrected chi connectivity index (χ0v) is 11.2. The van der Waals surface area contributed by atoms with Gasteiger partial charge in [0.15, 0.2) is 0 Å². The first-order valence-corrected chi connectivity index (χ1v) is 6.46. The fourth-order valence-corrected chi connectivity index (χ4v) is 1.98. The van der Waals surface area contributed by atoms with E-state index in [0.29, 0.717) is 13.2 Å². The van der Waals surface area contributed by atoms with E-state index < -0.39 is 0 Å². The van der Waals surface area contributed by atoms with Crippen LogP contribution in [0.2, 0.25) is 0 Å². The molecule has 0 saturated carbocycles. The van der Waals surface area contributed by atoms with Gasteiger partial charge in [0.25, 0.3) is 0 Å². The first kappa shape index (κ1) is 13.4. The summed E-state index contributed by atoms with van der Waals surface area (Å²) in [6.45, 7) is 3.08. The van der Waals surface area contributed by atoms with Gasteiger partial charge in [-0.15, -0.1) is 0 Å². The van der Waals surface area contributed by atoms with Gasteiger partial charge in [0.2, 0.25) is 0 Å². The maximum atomic E-state index is 5.91. The van der Waals surface area contributed by atoms with Crippen LogP contribution in [0.3, 0.4) is 0 Å². The lowest BCUT2D eigenvalue weighted by Gasteiger charge is -2.11. The summed E-state index contributed by atoms with van der Waals surface area (Å²) in [7, 11) is 0. The Morgan fingerprint density at radius 2 is 1.68 bits per heavy atom. The number of benzene rings is 2. The number of nitrogens with two attached hydrogens (primary N) is 1. The predicted molar refractivity (Wildman–Crippen MR) is 79.8 cm³/mol. The highest BCUT2D eigenvalue weighted by Crippen LogP contribution is 2.21. The molecule has 0 radical (unpaired) electrons. The van der Waals surface area contributed by atoms with Crippen molar-refractivity contribution in [3.05, 3.63) is 71.3 Å². The van der Waals surface area contributed by atoms with Gasteiger partial charge in [-0.25, -0.2) is 0 Å². The van der Waals surface area contributed by atoms with Gasteiger partial charge in [-0.1, -0.05) is 54.6 Å². The van der Waals surface area contributed by atoms with E-state index in [2.05, 4.69) is 6.07 Å². The molecule has 2 N–H and O–H groups in total. The van der Waals surface area contributed by atoms with E-state index in [0.717, 1.165) is 22.4 Å². The molecule has 0 fully saturated rings. The number of para-hydroxylation sites is 1. The van der Waals surface area contributed by atoms with Gasteiger partial charge in [0.1, 0.15) is 12.4 Å². The third-order valence-corrected chi connectivity index (χ3v) is 2.99. The molecule has 0 aliphatic rings. The smallest absolute Gasteiger partial charge is 0.127 e. The molecule has 98 valence electrons. The average molecular weight is 253 g/mol. The van der Waals surface area contributed by atoms with Crippen LogP contribution >= 0.6 is 0 Å². The van der Waals surface area contributed by atoms with Crippen molar-refractivity contribution in [1.29, 1.82) is 0 Å². The first-order chi connectivity index (χ1) is 9.35. The second-order valence-corrected chi connectivity index (χ2v) is 4.30. The maximum Gasteiger partial charge on any atom is 0.127 e. The molecule has 2 rings (SSSR count). The van der Waals surface area contributed by atoms with Crippen LogP contribution in [-0.2, 0) is 13.2 Å². The Hall–Kier alpha value is -2.06. The highest BCUT2D eigenvalue weighted by atomic mass is 16.5. The molecule has 0 aliphatic carbocycles. The van der Waals surface area contributed by atoms with Crippen molar-refractivity contribution in [1.82, 2.24) is 0 Å². The molecule has 0 saturated heterocycles. The lowest BCUT2D eigenvalue weighted by Crippen LogP contribution is -2.04. The fourth-order valence-electron chi connectivity index (χ4n) is 1.98. The van der Waals surface area contributed by atoms with Gasteiger partial charge in [-0.05, 0) is 24.1 Å². The third-order valence-electron chi connectivity index (χ3n) is 2.99. The molecule has 2 aromatic carbocycles. The molecule has 0 unspecified atom stereocenters. The number of ether oxygens (including phenoxy) is 1. The zero-order chi connectivity index (χ0) is 13.5. The summed E-state index contributed by atoms with van der Waals surface area (Å²) in [4.78, 5) is 0. The molecule has 0 spiro atoms. The third kappa shape index (κ3) is 3.46. The van der Waals surface area contributed by atoms with Crippen LogP contribution in [0, 0.1) is 0 Å². The van der Waals surface area contributed by atoms with Crippen molar-refractivity contribution in [2.45, 2.75) is 20.1 Å². The Morgan fingerprint density at radius 3 is 2.42 bits per heavy atom. The number of hydrogen-bond acceptors (Lipinski definition) is 2. The fraction of sp³-hybridized carbons (Fsp3) is 0.176. The van der Waals surface area contributed by atoms with Crippen molar-refractivity contribution in [3.8, 4) is 5.75 Å². The second-order valence-electron chi connectivity index (χ2n) is 4.30. The summed E-state index contributed by atoms with van der Waals surface area (Å²) in [5.74, 6) is 0.896. The molecule has 0 aromatic heterocycles. The quantitative estimate of drug-likeness (QED) is 0.880. The number of hydrogen-bond donors (Lipinski definition) is 1. The van der Waals surface area contributed by atoms with Crippen LogP contribution in [0.5, 0.6) is 5.75 Å². The molecule has 0 amide bonds. The van der Waals surface area contributed by atoms with Crippen LogP contribution in [0.1, 0.15) is 23.6 Å². The van der Waals surface area contributed by atoms with Gasteiger partial charge < -0.3 is 10.5 Å². The zero-order valence-electron chi connectivity index (χ0n) is 11.2. The lowest BCUT2D eigenvalue weighted by molar-refractivity contribution is 0.304. The topological polar surface area (TPSA) is 35.2 Å². The van der Waals surface area contributed by atoms with Gasteiger partial charge in [-0.2, -0.15) is 0 Å². The van der Waals surface area contributed by atoms with Crippen LogP contribution in [0.15, 0.2) is 54.6 Å². The number of allylic oxidation sites excluding steroid dienone is 1. The number of rotatable bonds is 5. The highest BCUT2D eigenvalue weighted by Gasteiger charge is 2.03. The molecular weight excluding hydrogens is 234 g/mol. The molecule has 0 aliphatic heterocycles. The monoisotopic (exact) mass is 253 g/mol. The molecule has 0 bridgehead atoms. The summed E-state index contributed by atoms with van der Waals surface area (Å²) in [6, 6.07) is 16.1. The minimum atomic E-state index is 0.538. The maximum absolute atomic E-state index is 5.91. The van der Waals surface area contributed by atoms with Crippen molar-refractivity contribution in [2.24, 2.45) is 5.73 Å². The van der Waals surface area contributed by atoms with Crippen molar-refractivity contribution >= 4 is 6.08 Å². The van der Waals surface area contributed by atoms with Crippen LogP contribution in [0.25, 0.3) is 6.08 Å². The van der Waals surface area contributed by atoms with E-state index in [1.165, 1.54) is 0 Å². The van der Waals surface area contributed by atoms with Gasteiger partial charge >= 0.3 is 0 Å². The normalized spacial score (nSPS) is 10.8. The van der Waals surface area contributed by atoms with E-state index >= 15 is 0 Å². The standard InChI is InChI=1S/C17H19NO/c1-2-7-14-8-5-6-11-17(14)19-13-16-10-4-3-9-15(16)12-18/h2-11H,12-13,18H2,1H3. The largest absolute Gasteiger partial charge is 0.488 e. The summed E-state index contributed by atoms with van der Waals surface area (Å²) in [5.41, 5.74) is 9.09. The van der Waals surface area contributed by atoms with E-state index in [-0.39, 0.29) is 0 Å². The van der Waals surface area contributed by atoms with Crippen LogP contribution in [0.4, 0.5) is 0 Å². The minimum Gasteiger partial charge on any atom is -0.488 e. The molecule has 0 atom stereocenters. The molecular formula is C17H19NO. The van der Waals surface area contributed by atoms with Crippen molar-refractivity contribution in [2.75, 3.05) is 0 Å². The van der Waals surface area contributed by atoms with Crippen molar-refractivity contribution in [3.63, 3.8) is 0 Å². The Kier molecular flexibility index (Phi) is 4.76. The van der Waals surface area contributed by atoms with E-state index in [1.807, 2.05) is 61.5 Å². The van der Waals surface area contributed by atoms with Gasteiger partial charge in [0, 0.05) is 12.1 Å². The molecule has 19 heavy (non-hydrogen) atoms. The molecule has 2 nitrogen and oxygen atoms in total. The Morgan fingerprint density at radius 1 is 1.00 bits per heavy atom. The first-order valence-electron chi connectivity index (χ1n) is 6.46. The Labute approximate surface area is 114 Å². The van der Waals surface area contributed by atoms with E-state index in [1.54, 1.807) is 0 Å². The summed E-state index contributed by atoms with van der Waals surface area (Å²) < 4.78 is 5.91. The van der Waals surface area contributed by atoms with Crippen LogP contribution in [-0.4, -0.2) is 0 Å². The Bertz CT molecular complexity index is 561.